The number of hydrogen-bond donors (Lipinski definition) is 7. The fraction of sp³-hybridized carbons (Fsp3) is 1.00. The Morgan fingerprint density at radius 3 is 1.33 bits per heavy atom. The van der Waals surface area contributed by atoms with E-state index < -0.39 is 49.5 Å². The zero-order valence-electron chi connectivity index (χ0n) is 27.2. The fourth-order valence-electron chi connectivity index (χ4n) is 5.95. The van der Waals surface area contributed by atoms with Gasteiger partial charge in [0.05, 0.1) is 31.5 Å². The van der Waals surface area contributed by atoms with Gasteiger partial charge < -0.3 is 45.2 Å². The predicted molar refractivity (Wildman–Crippen MR) is 170 cm³/mol. The van der Waals surface area contributed by atoms with E-state index in [1.54, 1.807) is 6.92 Å². The molecular formula is C34H68O9. The van der Waals surface area contributed by atoms with Gasteiger partial charge in [-0.2, -0.15) is 0 Å². The van der Waals surface area contributed by atoms with E-state index in [4.69, 9.17) is 9.47 Å². The van der Waals surface area contributed by atoms with Gasteiger partial charge in [-0.05, 0) is 32.6 Å². The number of ether oxygens (including phenoxy) is 2. The minimum Gasteiger partial charge on any atom is -0.394 e. The molecule has 1 rings (SSSR count). The molecular weight excluding hydrogens is 552 g/mol. The molecule has 0 aromatic rings. The average Bonchev–Trinajstić information content (AvgIpc) is 2.97. The standard InChI is InChI=1S/C34H68O9/c1-27(36)25-29(38)22-20-18-16-14-12-10-8-6-4-2-3-5-7-9-11-13-15-17-19-21-28(37)23-24-42-34-33(41)32(40)31(39)30(26-35)43-34/h27-41H,2-26H2,1H3/t27-,28-,29+,30+,31+,32-,33+,34+/m0/s1. The largest absolute Gasteiger partial charge is 0.394 e. The molecule has 0 amide bonds. The van der Waals surface area contributed by atoms with Gasteiger partial charge in [0.25, 0.3) is 0 Å². The van der Waals surface area contributed by atoms with E-state index >= 15 is 0 Å². The van der Waals surface area contributed by atoms with Crippen molar-refractivity contribution in [1.82, 2.24) is 0 Å². The van der Waals surface area contributed by atoms with E-state index in [-0.39, 0.29) is 12.7 Å². The van der Waals surface area contributed by atoms with Crippen LogP contribution in [0.25, 0.3) is 0 Å². The third kappa shape index (κ3) is 21.1. The molecule has 9 heteroatoms. The first-order valence-corrected chi connectivity index (χ1v) is 17.7. The normalized spacial score (nSPS) is 24.7. The SMILES string of the molecule is C[C@H](O)C[C@H](O)CCCCCCCCCCCCCCCCCCCCC[C@H](O)CCO[C@@H]1O[C@H](CO)[C@@H](O)[C@H](O)[C@H]1O. The number of hydrogen-bond acceptors (Lipinski definition) is 9. The highest BCUT2D eigenvalue weighted by atomic mass is 16.7. The summed E-state index contributed by atoms with van der Waals surface area (Å²) in [7, 11) is 0. The molecule has 0 aromatic carbocycles. The second kappa shape index (κ2) is 26.8. The number of rotatable bonds is 29. The third-order valence-corrected chi connectivity index (χ3v) is 8.77. The topological polar surface area (TPSA) is 160 Å². The first kappa shape index (κ1) is 40.7. The van der Waals surface area contributed by atoms with Crippen LogP contribution in [-0.4, -0.2) is 98.0 Å². The van der Waals surface area contributed by atoms with Crippen molar-refractivity contribution >= 4 is 0 Å². The molecule has 0 spiro atoms. The van der Waals surface area contributed by atoms with Gasteiger partial charge in [0.2, 0.25) is 0 Å². The molecule has 0 saturated carbocycles. The van der Waals surface area contributed by atoms with E-state index in [1.807, 2.05) is 0 Å². The Bertz CT molecular complexity index is 606. The van der Waals surface area contributed by atoms with Crippen molar-refractivity contribution in [2.45, 2.75) is 204 Å². The Kier molecular flexibility index (Phi) is 25.4. The van der Waals surface area contributed by atoms with E-state index in [0.29, 0.717) is 19.3 Å². The average molecular weight is 621 g/mol. The first-order chi connectivity index (χ1) is 20.8. The molecule has 1 saturated heterocycles. The summed E-state index contributed by atoms with van der Waals surface area (Å²) in [5.41, 5.74) is 0. The van der Waals surface area contributed by atoms with Crippen LogP contribution in [0.15, 0.2) is 0 Å². The summed E-state index contributed by atoms with van der Waals surface area (Å²) in [6, 6.07) is 0. The highest BCUT2D eigenvalue weighted by molar-refractivity contribution is 4.88. The molecule has 9 nitrogen and oxygen atoms in total. The molecule has 1 aliphatic heterocycles. The Labute approximate surface area is 262 Å². The molecule has 1 fully saturated rings. The lowest BCUT2D eigenvalue weighted by Gasteiger charge is -2.39. The molecule has 0 aromatic heterocycles. The summed E-state index contributed by atoms with van der Waals surface area (Å²) in [5.74, 6) is 0. The first-order valence-electron chi connectivity index (χ1n) is 17.7. The van der Waals surface area contributed by atoms with Gasteiger partial charge in [-0.15, -0.1) is 0 Å². The summed E-state index contributed by atoms with van der Waals surface area (Å²) in [6.07, 6.45) is 19.0. The van der Waals surface area contributed by atoms with Crippen LogP contribution in [0.3, 0.4) is 0 Å². The zero-order chi connectivity index (χ0) is 31.7. The maximum atomic E-state index is 10.2. The summed E-state index contributed by atoms with van der Waals surface area (Å²) >= 11 is 0. The van der Waals surface area contributed by atoms with Crippen molar-refractivity contribution in [2.24, 2.45) is 0 Å². The monoisotopic (exact) mass is 620 g/mol. The van der Waals surface area contributed by atoms with Crippen molar-refractivity contribution in [3.63, 3.8) is 0 Å². The maximum absolute atomic E-state index is 10.2. The van der Waals surface area contributed by atoms with Crippen molar-refractivity contribution < 1.29 is 45.2 Å². The molecule has 0 aliphatic carbocycles. The maximum Gasteiger partial charge on any atom is 0.186 e. The van der Waals surface area contributed by atoms with Crippen LogP contribution in [0.4, 0.5) is 0 Å². The molecule has 0 radical (unpaired) electrons. The van der Waals surface area contributed by atoms with Crippen molar-refractivity contribution in [3.05, 3.63) is 0 Å². The highest BCUT2D eigenvalue weighted by Gasteiger charge is 2.43. The number of aliphatic hydroxyl groups is 7. The van der Waals surface area contributed by atoms with Crippen LogP contribution in [0.1, 0.15) is 155 Å². The fourth-order valence-corrected chi connectivity index (χ4v) is 5.95. The van der Waals surface area contributed by atoms with Gasteiger partial charge >= 0.3 is 0 Å². The lowest BCUT2D eigenvalue weighted by molar-refractivity contribution is -0.301. The number of unbranched alkanes of at least 4 members (excludes halogenated alkanes) is 18. The van der Waals surface area contributed by atoms with E-state index in [9.17, 15) is 35.7 Å². The Morgan fingerprint density at radius 2 is 0.930 bits per heavy atom. The van der Waals surface area contributed by atoms with E-state index in [0.717, 1.165) is 25.7 Å². The molecule has 0 unspecified atom stereocenters. The highest BCUT2D eigenvalue weighted by Crippen LogP contribution is 2.22. The predicted octanol–water partition coefficient (Wildman–Crippen LogP) is 4.88. The Balaban J connectivity index is 1.79. The van der Waals surface area contributed by atoms with Crippen LogP contribution in [0, 0.1) is 0 Å². The van der Waals surface area contributed by atoms with Gasteiger partial charge in [-0.1, -0.05) is 122 Å². The second-order valence-electron chi connectivity index (χ2n) is 13.0. The van der Waals surface area contributed by atoms with Crippen LogP contribution >= 0.6 is 0 Å². The van der Waals surface area contributed by atoms with Crippen molar-refractivity contribution in [1.29, 1.82) is 0 Å². The Morgan fingerprint density at radius 1 is 0.535 bits per heavy atom. The van der Waals surface area contributed by atoms with Gasteiger partial charge in [0, 0.05) is 0 Å². The number of aliphatic hydroxyl groups excluding tert-OH is 7. The summed E-state index contributed by atoms with van der Waals surface area (Å²) in [5, 5.41) is 68.0. The lowest BCUT2D eigenvalue weighted by Crippen LogP contribution is -2.59. The molecule has 43 heavy (non-hydrogen) atoms. The second-order valence-corrected chi connectivity index (χ2v) is 13.0. The molecule has 1 aliphatic rings. The minimum absolute atomic E-state index is 0.158. The smallest absolute Gasteiger partial charge is 0.186 e. The van der Waals surface area contributed by atoms with Gasteiger partial charge in [0.1, 0.15) is 24.4 Å². The van der Waals surface area contributed by atoms with Crippen LogP contribution in [-0.2, 0) is 9.47 Å². The van der Waals surface area contributed by atoms with Gasteiger partial charge in [-0.25, -0.2) is 0 Å². The van der Waals surface area contributed by atoms with Crippen LogP contribution in [0.5, 0.6) is 0 Å². The Hall–Kier alpha value is -0.360. The molecule has 7 N–H and O–H groups in total. The third-order valence-electron chi connectivity index (χ3n) is 8.77. The van der Waals surface area contributed by atoms with E-state index in [2.05, 4.69) is 0 Å². The lowest BCUT2D eigenvalue weighted by atomic mass is 9.99. The van der Waals surface area contributed by atoms with Gasteiger partial charge in [-0.3, -0.25) is 0 Å². The van der Waals surface area contributed by atoms with Crippen LogP contribution < -0.4 is 0 Å². The quantitative estimate of drug-likeness (QED) is 0.0579. The van der Waals surface area contributed by atoms with Gasteiger partial charge in [0.15, 0.2) is 6.29 Å². The molecule has 0 bridgehead atoms. The summed E-state index contributed by atoms with van der Waals surface area (Å²) in [6.45, 7) is 1.40. The van der Waals surface area contributed by atoms with Crippen LogP contribution in [0.2, 0.25) is 0 Å². The zero-order valence-corrected chi connectivity index (χ0v) is 27.2. The van der Waals surface area contributed by atoms with Crippen molar-refractivity contribution in [3.8, 4) is 0 Å². The summed E-state index contributed by atoms with van der Waals surface area (Å²) < 4.78 is 10.8. The molecule has 8 atom stereocenters. The molecule has 1 heterocycles. The summed E-state index contributed by atoms with van der Waals surface area (Å²) in [4.78, 5) is 0. The van der Waals surface area contributed by atoms with Crippen molar-refractivity contribution in [2.75, 3.05) is 13.2 Å². The van der Waals surface area contributed by atoms with E-state index in [1.165, 1.54) is 103 Å². The minimum atomic E-state index is -1.45. The molecule has 258 valence electrons.